The highest BCUT2D eigenvalue weighted by Crippen LogP contribution is 2.12. The number of carbonyl (C=O) groups is 1. The third-order valence-electron chi connectivity index (χ3n) is 2.38. The average molecular weight is 263 g/mol. The zero-order valence-corrected chi connectivity index (χ0v) is 11.7. The minimum atomic E-state index is -2.66. The summed E-state index contributed by atoms with van der Waals surface area (Å²) in [5.41, 5.74) is -0.498. The molecule has 1 aliphatic rings. The van der Waals surface area contributed by atoms with Gasteiger partial charge in [0.2, 0.25) is 0 Å². The van der Waals surface area contributed by atoms with Crippen LogP contribution in [0.2, 0.25) is 0 Å². The fraction of sp³-hybridized carbons (Fsp3) is 0.900. The van der Waals surface area contributed by atoms with Crippen molar-refractivity contribution in [2.24, 2.45) is 0 Å². The van der Waals surface area contributed by atoms with Gasteiger partial charge in [-0.1, -0.05) is 0 Å². The summed E-state index contributed by atoms with van der Waals surface area (Å²) in [4.78, 5) is 13.3. The van der Waals surface area contributed by atoms with Crippen molar-refractivity contribution in [1.29, 1.82) is 4.78 Å². The van der Waals surface area contributed by atoms with E-state index in [0.717, 1.165) is 0 Å². The van der Waals surface area contributed by atoms with Crippen molar-refractivity contribution in [3.05, 3.63) is 0 Å². The van der Waals surface area contributed by atoms with Crippen LogP contribution in [0.15, 0.2) is 0 Å². The van der Waals surface area contributed by atoms with Crippen LogP contribution < -0.4 is 0 Å². The van der Waals surface area contributed by atoms with Crippen LogP contribution in [0.25, 0.3) is 0 Å². The van der Waals surface area contributed by atoms with Crippen molar-refractivity contribution in [2.75, 3.05) is 32.4 Å². The van der Waals surface area contributed by atoms with E-state index >= 15 is 0 Å². The second-order valence-corrected chi connectivity index (χ2v) is 7.32. The van der Waals surface area contributed by atoms with Gasteiger partial charge < -0.3 is 9.64 Å². The lowest BCUT2D eigenvalue weighted by molar-refractivity contribution is 0.0194. The first-order valence-electron chi connectivity index (χ1n) is 5.56. The molecule has 0 spiro atoms. The molecule has 0 aromatic rings. The first-order valence-corrected chi connectivity index (χ1v) is 7.49. The Labute approximate surface area is 103 Å². The fourth-order valence-electron chi connectivity index (χ4n) is 1.55. The molecule has 0 saturated carbocycles. The standard InChI is InChI=1S/C10H21N3O3S/c1-10(2,3)16-9(14)12-5-7-13(8-6-12)17(4,11)15/h11H,5-8H2,1-4H3. The van der Waals surface area contributed by atoms with Crippen LogP contribution in [0.1, 0.15) is 20.8 Å². The number of nitrogens with one attached hydrogen (secondary N) is 1. The summed E-state index contributed by atoms with van der Waals surface area (Å²) in [6, 6.07) is 0. The van der Waals surface area contributed by atoms with E-state index in [4.69, 9.17) is 9.52 Å². The Hall–Kier alpha value is -0.820. The van der Waals surface area contributed by atoms with Gasteiger partial charge >= 0.3 is 6.09 Å². The molecule has 1 heterocycles. The summed E-state index contributed by atoms with van der Waals surface area (Å²) in [5, 5.41) is 0. The van der Waals surface area contributed by atoms with Gasteiger partial charge in [0.1, 0.15) is 15.5 Å². The number of amides is 1. The summed E-state index contributed by atoms with van der Waals surface area (Å²) in [7, 11) is -2.66. The predicted octanol–water partition coefficient (Wildman–Crippen LogP) is 1.13. The number of ether oxygens (including phenoxy) is 1. The molecule has 0 bridgehead atoms. The number of carbonyl (C=O) groups excluding carboxylic acids is 1. The molecule has 7 heteroatoms. The van der Waals surface area contributed by atoms with E-state index in [1.54, 1.807) is 9.21 Å². The molecule has 17 heavy (non-hydrogen) atoms. The molecule has 0 aliphatic carbocycles. The van der Waals surface area contributed by atoms with Gasteiger partial charge in [-0.25, -0.2) is 18.1 Å². The van der Waals surface area contributed by atoms with Crippen molar-refractivity contribution in [3.8, 4) is 0 Å². The molecule has 1 fully saturated rings. The monoisotopic (exact) mass is 263 g/mol. The van der Waals surface area contributed by atoms with Crippen molar-refractivity contribution in [1.82, 2.24) is 9.21 Å². The largest absolute Gasteiger partial charge is 0.444 e. The Bertz CT molecular complexity index is 378. The van der Waals surface area contributed by atoms with E-state index in [2.05, 4.69) is 0 Å². The smallest absolute Gasteiger partial charge is 0.410 e. The van der Waals surface area contributed by atoms with Gasteiger partial charge in [0.15, 0.2) is 0 Å². The number of rotatable bonds is 1. The highest BCUT2D eigenvalue weighted by molar-refractivity contribution is 7.89. The van der Waals surface area contributed by atoms with Crippen molar-refractivity contribution in [3.63, 3.8) is 0 Å². The molecular formula is C10H21N3O3S. The van der Waals surface area contributed by atoms with Gasteiger partial charge in [0.05, 0.1) is 0 Å². The molecule has 6 nitrogen and oxygen atoms in total. The van der Waals surface area contributed by atoms with Crippen molar-refractivity contribution >= 4 is 16.0 Å². The van der Waals surface area contributed by atoms with Gasteiger partial charge in [-0.3, -0.25) is 0 Å². The fourth-order valence-corrected chi connectivity index (χ4v) is 2.41. The van der Waals surface area contributed by atoms with Gasteiger partial charge in [0.25, 0.3) is 0 Å². The maximum Gasteiger partial charge on any atom is 0.410 e. The number of nitrogens with zero attached hydrogens (tertiary/aromatic N) is 2. The van der Waals surface area contributed by atoms with Crippen molar-refractivity contribution in [2.45, 2.75) is 26.4 Å². The molecule has 0 radical (unpaired) electrons. The van der Waals surface area contributed by atoms with E-state index < -0.39 is 15.5 Å². The first kappa shape index (κ1) is 14.2. The molecule has 1 aliphatic heterocycles. The lowest BCUT2D eigenvalue weighted by atomic mass is 10.2. The lowest BCUT2D eigenvalue weighted by Gasteiger charge is -2.35. The number of hydrogen-bond acceptors (Lipinski definition) is 4. The molecule has 1 amide bonds. The zero-order chi connectivity index (χ0) is 13.3. The Kier molecular flexibility index (Phi) is 4.03. The molecule has 1 N–H and O–H groups in total. The Morgan fingerprint density at radius 3 is 2.06 bits per heavy atom. The van der Waals surface area contributed by atoms with Crippen molar-refractivity contribution < 1.29 is 13.7 Å². The Morgan fingerprint density at radius 1 is 1.24 bits per heavy atom. The van der Waals surface area contributed by atoms with E-state index in [9.17, 15) is 9.00 Å². The quantitative estimate of drug-likeness (QED) is 0.770. The molecule has 1 saturated heterocycles. The van der Waals surface area contributed by atoms with Crippen LogP contribution in [-0.2, 0) is 14.7 Å². The van der Waals surface area contributed by atoms with Crippen LogP contribution >= 0.6 is 0 Å². The minimum absolute atomic E-state index is 0.343. The Balaban J connectivity index is 2.50. The SMILES string of the molecule is CC(C)(C)OC(=O)N1CCN(S(C)(=N)=O)CC1. The van der Waals surface area contributed by atoms with Gasteiger partial charge in [0, 0.05) is 32.4 Å². The van der Waals surface area contributed by atoms with Crippen LogP contribution in [0, 0.1) is 4.78 Å². The minimum Gasteiger partial charge on any atom is -0.444 e. The molecule has 1 unspecified atom stereocenters. The molecule has 0 aromatic carbocycles. The Morgan fingerprint density at radius 2 is 1.71 bits per heavy atom. The van der Waals surface area contributed by atoms with Crippen LogP contribution in [0.5, 0.6) is 0 Å². The third kappa shape index (κ3) is 4.51. The molecule has 1 rings (SSSR count). The summed E-state index contributed by atoms with van der Waals surface area (Å²) in [6.45, 7) is 7.30. The molecule has 0 aromatic heterocycles. The second-order valence-electron chi connectivity index (χ2n) is 5.20. The van der Waals surface area contributed by atoms with E-state index in [0.29, 0.717) is 26.2 Å². The predicted molar refractivity (Wildman–Crippen MR) is 66.2 cm³/mol. The van der Waals surface area contributed by atoms with E-state index in [1.165, 1.54) is 6.26 Å². The first-order chi connectivity index (χ1) is 7.59. The summed E-state index contributed by atoms with van der Waals surface area (Å²) < 4.78 is 25.8. The second kappa shape index (κ2) is 4.81. The number of piperazine rings is 1. The van der Waals surface area contributed by atoms with E-state index in [-0.39, 0.29) is 6.09 Å². The molecule has 100 valence electrons. The normalized spacial score (nSPS) is 22.0. The van der Waals surface area contributed by atoms with Gasteiger partial charge in [-0.15, -0.1) is 0 Å². The molecule has 1 atom stereocenters. The molecular weight excluding hydrogens is 242 g/mol. The van der Waals surface area contributed by atoms with Gasteiger partial charge in [-0.2, -0.15) is 0 Å². The van der Waals surface area contributed by atoms with Crippen LogP contribution in [0.3, 0.4) is 0 Å². The lowest BCUT2D eigenvalue weighted by Crippen LogP contribution is -2.51. The summed E-state index contributed by atoms with van der Waals surface area (Å²) in [6.07, 6.45) is 1.06. The maximum atomic E-state index is 11.7. The van der Waals surface area contributed by atoms with E-state index in [1.807, 2.05) is 20.8 Å². The van der Waals surface area contributed by atoms with Crippen LogP contribution in [0.4, 0.5) is 4.79 Å². The number of hydrogen-bond donors (Lipinski definition) is 1. The van der Waals surface area contributed by atoms with Crippen LogP contribution in [-0.4, -0.2) is 57.5 Å². The van der Waals surface area contributed by atoms with Gasteiger partial charge in [-0.05, 0) is 20.8 Å². The maximum absolute atomic E-state index is 11.7. The topological polar surface area (TPSA) is 73.7 Å². The summed E-state index contributed by atoms with van der Waals surface area (Å²) >= 11 is 0. The highest BCUT2D eigenvalue weighted by Gasteiger charge is 2.27. The average Bonchev–Trinajstić information content (AvgIpc) is 2.14. The zero-order valence-electron chi connectivity index (χ0n) is 10.9. The highest BCUT2D eigenvalue weighted by atomic mass is 32.2. The third-order valence-corrected chi connectivity index (χ3v) is 3.73. The summed E-state index contributed by atoms with van der Waals surface area (Å²) in [5.74, 6) is 0.